The second-order valence-electron chi connectivity index (χ2n) is 3.88. The fraction of sp³-hybridized carbons (Fsp3) is 0.727. The van der Waals surface area contributed by atoms with Crippen LogP contribution in [-0.4, -0.2) is 57.8 Å². The molecule has 5 nitrogen and oxygen atoms in total. The molecule has 0 aromatic carbocycles. The molecule has 0 rings (SSSR count). The average molecular weight is 228 g/mol. The van der Waals surface area contributed by atoms with Gasteiger partial charge in [0.15, 0.2) is 5.96 Å². The van der Waals surface area contributed by atoms with Crippen LogP contribution in [-0.2, 0) is 4.74 Å². The Morgan fingerprint density at radius 2 is 2.19 bits per heavy atom. The van der Waals surface area contributed by atoms with Crippen LogP contribution in [0.3, 0.4) is 0 Å². The molecule has 0 radical (unpaired) electrons. The van der Waals surface area contributed by atoms with Crippen molar-refractivity contribution >= 4 is 5.96 Å². The molecule has 0 saturated carbocycles. The molecule has 0 aromatic rings. The summed E-state index contributed by atoms with van der Waals surface area (Å²) in [6.45, 7) is 9.62. The summed E-state index contributed by atoms with van der Waals surface area (Å²) >= 11 is 0. The van der Waals surface area contributed by atoms with E-state index in [1.165, 1.54) is 0 Å². The first-order chi connectivity index (χ1) is 7.56. The van der Waals surface area contributed by atoms with Gasteiger partial charge in [-0.3, -0.25) is 0 Å². The summed E-state index contributed by atoms with van der Waals surface area (Å²) in [6.07, 6.45) is 0. The van der Waals surface area contributed by atoms with E-state index in [1.807, 2.05) is 14.0 Å². The highest BCUT2D eigenvalue weighted by atomic mass is 16.5. The molecule has 0 spiro atoms. The van der Waals surface area contributed by atoms with Gasteiger partial charge in [0.2, 0.25) is 0 Å². The van der Waals surface area contributed by atoms with E-state index in [-0.39, 0.29) is 0 Å². The summed E-state index contributed by atoms with van der Waals surface area (Å²) in [7, 11) is 3.75. The molecule has 0 saturated heterocycles. The summed E-state index contributed by atoms with van der Waals surface area (Å²) in [5.41, 5.74) is 6.66. The lowest BCUT2D eigenvalue weighted by atomic mass is 10.4. The van der Waals surface area contributed by atoms with Crippen LogP contribution in [0.25, 0.3) is 0 Å². The summed E-state index contributed by atoms with van der Waals surface area (Å²) in [5.74, 6) is 0.475. The van der Waals surface area contributed by atoms with Crippen molar-refractivity contribution in [2.45, 2.75) is 6.92 Å². The lowest BCUT2D eigenvalue weighted by molar-refractivity contribution is 0.162. The Morgan fingerprint density at radius 1 is 1.50 bits per heavy atom. The van der Waals surface area contributed by atoms with Crippen LogP contribution in [0.1, 0.15) is 6.92 Å². The van der Waals surface area contributed by atoms with E-state index >= 15 is 0 Å². The first-order valence-corrected chi connectivity index (χ1v) is 5.42. The zero-order valence-corrected chi connectivity index (χ0v) is 10.6. The predicted molar refractivity (Wildman–Crippen MR) is 68.7 cm³/mol. The van der Waals surface area contributed by atoms with Crippen molar-refractivity contribution in [3.63, 3.8) is 0 Å². The van der Waals surface area contributed by atoms with Crippen LogP contribution in [0.5, 0.6) is 0 Å². The Labute approximate surface area is 98.4 Å². The van der Waals surface area contributed by atoms with Gasteiger partial charge in [0, 0.05) is 26.7 Å². The van der Waals surface area contributed by atoms with Gasteiger partial charge in [-0.25, -0.2) is 4.99 Å². The topological polar surface area (TPSA) is 62.9 Å². The molecule has 94 valence electrons. The van der Waals surface area contributed by atoms with Crippen LogP contribution in [0.2, 0.25) is 0 Å². The maximum atomic E-state index is 5.66. The first kappa shape index (κ1) is 14.9. The van der Waals surface area contributed by atoms with Gasteiger partial charge in [0.1, 0.15) is 0 Å². The summed E-state index contributed by atoms with van der Waals surface area (Å²) in [4.78, 5) is 6.29. The first-order valence-electron chi connectivity index (χ1n) is 5.42. The third-order valence-electron chi connectivity index (χ3n) is 2.00. The predicted octanol–water partition coefficient (Wildman–Crippen LogP) is 0.0450. The van der Waals surface area contributed by atoms with Crippen molar-refractivity contribution < 1.29 is 4.74 Å². The lowest BCUT2D eigenvalue weighted by Gasteiger charge is -2.16. The van der Waals surface area contributed by atoms with Crippen LogP contribution in [0.4, 0.5) is 0 Å². The number of ether oxygens (including phenoxy) is 1. The molecule has 0 unspecified atom stereocenters. The van der Waals surface area contributed by atoms with E-state index in [1.54, 1.807) is 7.11 Å². The number of guanidine groups is 1. The fourth-order valence-corrected chi connectivity index (χ4v) is 1.01. The zero-order valence-electron chi connectivity index (χ0n) is 10.6. The molecule has 0 bridgehead atoms. The van der Waals surface area contributed by atoms with E-state index < -0.39 is 0 Å². The maximum absolute atomic E-state index is 5.66. The van der Waals surface area contributed by atoms with Gasteiger partial charge in [0.25, 0.3) is 0 Å². The standard InChI is InChI=1S/C11H24N4O/c1-10(2)9-14-11(12)13-5-6-15(3)7-8-16-4/h1,5-9H2,2-4H3,(H3,12,13,14). The number of hydrogen-bond acceptors (Lipinski definition) is 3. The summed E-state index contributed by atoms with van der Waals surface area (Å²) in [6, 6.07) is 0. The molecule has 0 atom stereocenters. The normalized spacial score (nSPS) is 11.9. The second-order valence-corrected chi connectivity index (χ2v) is 3.88. The van der Waals surface area contributed by atoms with Gasteiger partial charge in [-0.05, 0) is 14.0 Å². The highest BCUT2D eigenvalue weighted by molar-refractivity contribution is 5.77. The van der Waals surface area contributed by atoms with E-state index in [0.717, 1.165) is 31.8 Å². The van der Waals surface area contributed by atoms with Gasteiger partial charge >= 0.3 is 0 Å². The molecule has 0 aliphatic rings. The minimum absolute atomic E-state index is 0.475. The lowest BCUT2D eigenvalue weighted by Crippen LogP contribution is -2.38. The Balaban J connectivity index is 3.56. The van der Waals surface area contributed by atoms with Gasteiger partial charge in [-0.1, -0.05) is 12.2 Å². The molecule has 0 aliphatic carbocycles. The highest BCUT2D eigenvalue weighted by Crippen LogP contribution is 1.86. The summed E-state index contributed by atoms with van der Waals surface area (Å²) < 4.78 is 4.98. The molecular weight excluding hydrogens is 204 g/mol. The molecular formula is C11H24N4O. The number of hydrogen-bond donors (Lipinski definition) is 2. The maximum Gasteiger partial charge on any atom is 0.188 e. The number of likely N-dealkylation sites (N-methyl/N-ethyl adjacent to an activating group) is 1. The fourth-order valence-electron chi connectivity index (χ4n) is 1.01. The molecule has 0 amide bonds. The number of nitrogens with zero attached hydrogens (tertiary/aromatic N) is 2. The van der Waals surface area contributed by atoms with Crippen molar-refractivity contribution in [1.82, 2.24) is 10.2 Å². The molecule has 3 N–H and O–H groups in total. The molecule has 0 heterocycles. The highest BCUT2D eigenvalue weighted by Gasteiger charge is 1.97. The minimum atomic E-state index is 0.475. The van der Waals surface area contributed by atoms with E-state index in [0.29, 0.717) is 12.5 Å². The SMILES string of the molecule is C=C(C)CN=C(N)NCCN(C)CCOC. The summed E-state index contributed by atoms with van der Waals surface area (Å²) in [5, 5.41) is 3.05. The van der Waals surface area contributed by atoms with Crippen LogP contribution < -0.4 is 11.1 Å². The quantitative estimate of drug-likeness (QED) is 0.350. The van der Waals surface area contributed by atoms with Crippen molar-refractivity contribution in [3.8, 4) is 0 Å². The molecule has 5 heteroatoms. The smallest absolute Gasteiger partial charge is 0.188 e. The number of nitrogens with one attached hydrogen (secondary N) is 1. The van der Waals surface area contributed by atoms with Crippen molar-refractivity contribution in [2.75, 3.05) is 46.9 Å². The van der Waals surface area contributed by atoms with Crippen LogP contribution >= 0.6 is 0 Å². The molecule has 16 heavy (non-hydrogen) atoms. The third kappa shape index (κ3) is 9.48. The zero-order chi connectivity index (χ0) is 12.4. The van der Waals surface area contributed by atoms with E-state index in [9.17, 15) is 0 Å². The Kier molecular flexibility index (Phi) is 8.56. The monoisotopic (exact) mass is 228 g/mol. The minimum Gasteiger partial charge on any atom is -0.383 e. The van der Waals surface area contributed by atoms with Gasteiger partial charge in [0.05, 0.1) is 13.2 Å². The van der Waals surface area contributed by atoms with Crippen LogP contribution in [0, 0.1) is 0 Å². The third-order valence-corrected chi connectivity index (χ3v) is 2.00. The van der Waals surface area contributed by atoms with Gasteiger partial charge < -0.3 is 20.7 Å². The van der Waals surface area contributed by atoms with E-state index in [4.69, 9.17) is 10.5 Å². The Morgan fingerprint density at radius 3 is 2.75 bits per heavy atom. The van der Waals surface area contributed by atoms with E-state index in [2.05, 4.69) is 21.8 Å². The largest absolute Gasteiger partial charge is 0.383 e. The Bertz CT molecular complexity index is 228. The van der Waals surface area contributed by atoms with Crippen molar-refractivity contribution in [1.29, 1.82) is 0 Å². The average Bonchev–Trinajstić information content (AvgIpc) is 2.23. The van der Waals surface area contributed by atoms with Crippen LogP contribution in [0.15, 0.2) is 17.1 Å². The number of nitrogens with two attached hydrogens (primary N) is 1. The number of aliphatic imine (C=N–C) groups is 1. The van der Waals surface area contributed by atoms with Gasteiger partial charge in [-0.15, -0.1) is 0 Å². The number of methoxy groups -OCH3 is 1. The van der Waals surface area contributed by atoms with Crippen molar-refractivity contribution in [3.05, 3.63) is 12.2 Å². The molecule has 0 aliphatic heterocycles. The van der Waals surface area contributed by atoms with Crippen molar-refractivity contribution in [2.24, 2.45) is 10.7 Å². The second kappa shape index (κ2) is 9.18. The number of rotatable bonds is 8. The van der Waals surface area contributed by atoms with Gasteiger partial charge in [-0.2, -0.15) is 0 Å². The molecule has 0 fully saturated rings. The Hall–Kier alpha value is -1.07. The molecule has 0 aromatic heterocycles.